The van der Waals surface area contributed by atoms with E-state index >= 15 is 8.78 Å². The number of hydrogen-bond donors (Lipinski definition) is 0. The fraction of sp³-hybridized carbons (Fsp3) is 0.412. The molecule has 0 heterocycles. The van der Waals surface area contributed by atoms with Gasteiger partial charge in [-0.1, -0.05) is 43.7 Å². The van der Waals surface area contributed by atoms with E-state index in [9.17, 15) is 4.39 Å². The Kier molecular flexibility index (Phi) is 11.0. The molecule has 40 heavy (non-hydrogen) atoms. The molecule has 0 saturated heterocycles. The highest BCUT2D eigenvalue weighted by Gasteiger charge is 2.27. The molecule has 0 atom stereocenters. The highest BCUT2D eigenvalue weighted by molar-refractivity contribution is 5.65. The normalized spacial score (nSPS) is 16.9. The molecule has 1 saturated carbocycles. The molecule has 0 aliphatic heterocycles. The maximum absolute atomic E-state index is 15.2. The first-order valence-electron chi connectivity index (χ1n) is 14.4. The number of ether oxygens (including phenoxy) is 3. The minimum atomic E-state index is -0.808. The van der Waals surface area contributed by atoms with Gasteiger partial charge in [-0.25, -0.2) is 13.2 Å². The Hall–Kier alpha value is -3.41. The van der Waals surface area contributed by atoms with Crippen LogP contribution in [0.15, 0.2) is 67.3 Å². The first kappa shape index (κ1) is 29.6. The molecule has 0 amide bonds. The van der Waals surface area contributed by atoms with Gasteiger partial charge >= 0.3 is 0 Å². The molecule has 1 aliphatic rings. The third kappa shape index (κ3) is 7.83. The van der Waals surface area contributed by atoms with Gasteiger partial charge in [-0.05, 0) is 92.2 Å². The van der Waals surface area contributed by atoms with Crippen molar-refractivity contribution in [1.82, 2.24) is 0 Å². The molecule has 0 N–H and O–H groups in total. The van der Waals surface area contributed by atoms with E-state index in [-0.39, 0.29) is 23.1 Å². The number of unbranched alkanes of at least 4 members (excludes halogenated alkanes) is 2. The molecule has 6 heteroatoms. The van der Waals surface area contributed by atoms with E-state index in [2.05, 4.69) is 13.5 Å². The summed E-state index contributed by atoms with van der Waals surface area (Å²) in [6.07, 6.45) is 8.60. The first-order chi connectivity index (χ1) is 19.5. The molecule has 0 aromatic heterocycles. The van der Waals surface area contributed by atoms with E-state index in [4.69, 9.17) is 14.2 Å². The number of allylic oxidation sites excluding steroid dienone is 1. The number of halogens is 3. The van der Waals surface area contributed by atoms with Crippen LogP contribution >= 0.6 is 0 Å². The predicted octanol–water partition coefficient (Wildman–Crippen LogP) is 9.65. The Morgan fingerprint density at radius 2 is 1.52 bits per heavy atom. The van der Waals surface area contributed by atoms with Gasteiger partial charge < -0.3 is 14.2 Å². The zero-order chi connectivity index (χ0) is 28.3. The summed E-state index contributed by atoms with van der Waals surface area (Å²) in [7, 11) is 0. The second-order valence-electron chi connectivity index (χ2n) is 10.5. The predicted molar refractivity (Wildman–Crippen MR) is 154 cm³/mol. The quantitative estimate of drug-likeness (QED) is 0.147. The zero-order valence-electron chi connectivity index (χ0n) is 23.3. The SMILES string of the molecule is C=CCCCOc1ccc(OCC2CCC(c3ccc(-c4ccc(OCCCC)cc4)c(F)c3F)CC2)cc1F. The molecule has 214 valence electrons. The van der Waals surface area contributed by atoms with Crippen LogP contribution in [0.4, 0.5) is 13.2 Å². The van der Waals surface area contributed by atoms with Crippen molar-refractivity contribution in [2.75, 3.05) is 19.8 Å². The molecule has 3 nitrogen and oxygen atoms in total. The molecular weight excluding hydrogens is 513 g/mol. The molecule has 0 unspecified atom stereocenters. The molecule has 0 radical (unpaired) electrons. The van der Waals surface area contributed by atoms with Gasteiger partial charge in [0.25, 0.3) is 0 Å². The lowest BCUT2D eigenvalue weighted by molar-refractivity contribution is 0.198. The summed E-state index contributed by atoms with van der Waals surface area (Å²) in [4.78, 5) is 0. The standard InChI is InChI=1S/C34H39F3O3/c1-3-5-7-21-39-32-19-16-28(22-31(32)35)40-23-24-8-10-25(11-9-24)29-17-18-30(34(37)33(29)36)26-12-14-27(15-13-26)38-20-6-4-2/h3,12-19,22,24-25H,1,4-11,20-21,23H2,2H3. The van der Waals surface area contributed by atoms with Crippen molar-refractivity contribution in [2.24, 2.45) is 5.92 Å². The minimum Gasteiger partial charge on any atom is -0.494 e. The lowest BCUT2D eigenvalue weighted by Gasteiger charge is -2.29. The van der Waals surface area contributed by atoms with Gasteiger partial charge in [0, 0.05) is 11.6 Å². The van der Waals surface area contributed by atoms with Crippen LogP contribution in [0.25, 0.3) is 11.1 Å². The molecule has 3 aromatic rings. The Morgan fingerprint density at radius 3 is 2.23 bits per heavy atom. The Morgan fingerprint density at radius 1 is 0.800 bits per heavy atom. The van der Waals surface area contributed by atoms with Crippen molar-refractivity contribution >= 4 is 0 Å². The first-order valence-corrected chi connectivity index (χ1v) is 14.4. The van der Waals surface area contributed by atoms with Crippen molar-refractivity contribution < 1.29 is 27.4 Å². The summed E-state index contributed by atoms with van der Waals surface area (Å²) in [6, 6.07) is 15.2. The third-order valence-electron chi connectivity index (χ3n) is 7.53. The van der Waals surface area contributed by atoms with Gasteiger partial charge in [0.2, 0.25) is 0 Å². The van der Waals surface area contributed by atoms with Crippen molar-refractivity contribution in [1.29, 1.82) is 0 Å². The molecule has 3 aromatic carbocycles. The van der Waals surface area contributed by atoms with Gasteiger partial charge in [-0.2, -0.15) is 0 Å². The molecule has 1 fully saturated rings. The average Bonchev–Trinajstić information content (AvgIpc) is 2.97. The van der Waals surface area contributed by atoms with Crippen LogP contribution in [0.2, 0.25) is 0 Å². The van der Waals surface area contributed by atoms with E-state index < -0.39 is 17.5 Å². The van der Waals surface area contributed by atoms with Gasteiger partial charge in [0.05, 0.1) is 19.8 Å². The zero-order valence-corrected chi connectivity index (χ0v) is 23.3. The molecule has 0 bridgehead atoms. The van der Waals surface area contributed by atoms with Gasteiger partial charge in [-0.3, -0.25) is 0 Å². The number of hydrogen-bond acceptors (Lipinski definition) is 3. The molecule has 1 aliphatic carbocycles. The Labute approximate surface area is 236 Å². The summed E-state index contributed by atoms with van der Waals surface area (Å²) < 4.78 is 61.7. The van der Waals surface area contributed by atoms with E-state index in [0.29, 0.717) is 36.7 Å². The van der Waals surface area contributed by atoms with Crippen molar-refractivity contribution in [3.8, 4) is 28.4 Å². The van der Waals surface area contributed by atoms with E-state index in [0.717, 1.165) is 57.1 Å². The van der Waals surface area contributed by atoms with E-state index in [1.54, 1.807) is 54.6 Å². The third-order valence-corrected chi connectivity index (χ3v) is 7.53. The fourth-order valence-corrected chi connectivity index (χ4v) is 5.12. The molecule has 4 rings (SSSR count). The lowest BCUT2D eigenvalue weighted by Crippen LogP contribution is -2.20. The van der Waals surface area contributed by atoms with Gasteiger partial charge in [0.15, 0.2) is 23.2 Å². The minimum absolute atomic E-state index is 0.0379. The topological polar surface area (TPSA) is 27.7 Å². The van der Waals surface area contributed by atoms with Gasteiger partial charge in [0.1, 0.15) is 11.5 Å². The number of benzene rings is 3. The largest absolute Gasteiger partial charge is 0.494 e. The highest BCUT2D eigenvalue weighted by atomic mass is 19.2. The van der Waals surface area contributed by atoms with Crippen LogP contribution in [-0.2, 0) is 0 Å². The van der Waals surface area contributed by atoms with E-state index in [1.807, 2.05) is 0 Å². The average molecular weight is 553 g/mol. The summed E-state index contributed by atoms with van der Waals surface area (Å²) in [6.45, 7) is 7.29. The van der Waals surface area contributed by atoms with Crippen LogP contribution in [0.1, 0.15) is 69.8 Å². The van der Waals surface area contributed by atoms with Gasteiger partial charge in [-0.15, -0.1) is 6.58 Å². The Balaban J connectivity index is 1.28. The van der Waals surface area contributed by atoms with Crippen LogP contribution in [0.5, 0.6) is 17.2 Å². The summed E-state index contributed by atoms with van der Waals surface area (Å²) in [5.74, 6) is -0.379. The smallest absolute Gasteiger partial charge is 0.168 e. The van der Waals surface area contributed by atoms with Crippen LogP contribution < -0.4 is 14.2 Å². The maximum Gasteiger partial charge on any atom is 0.168 e. The monoisotopic (exact) mass is 552 g/mol. The highest BCUT2D eigenvalue weighted by Crippen LogP contribution is 2.39. The maximum atomic E-state index is 15.2. The summed E-state index contributed by atoms with van der Waals surface area (Å²) >= 11 is 0. The van der Waals surface area contributed by atoms with Crippen LogP contribution in [0.3, 0.4) is 0 Å². The van der Waals surface area contributed by atoms with E-state index in [1.165, 1.54) is 6.07 Å². The van der Waals surface area contributed by atoms with Crippen LogP contribution in [0, 0.1) is 23.4 Å². The van der Waals surface area contributed by atoms with Crippen molar-refractivity contribution in [3.05, 3.63) is 90.3 Å². The summed E-state index contributed by atoms with van der Waals surface area (Å²) in [5.41, 5.74) is 1.31. The van der Waals surface area contributed by atoms with Crippen molar-refractivity contribution in [2.45, 2.75) is 64.2 Å². The summed E-state index contributed by atoms with van der Waals surface area (Å²) in [5, 5.41) is 0. The second kappa shape index (κ2) is 14.8. The number of rotatable bonds is 14. The second-order valence-corrected chi connectivity index (χ2v) is 10.5. The fourth-order valence-electron chi connectivity index (χ4n) is 5.12. The molecule has 0 spiro atoms. The van der Waals surface area contributed by atoms with Crippen LogP contribution in [-0.4, -0.2) is 19.8 Å². The Bertz CT molecular complexity index is 1230. The lowest BCUT2D eigenvalue weighted by atomic mass is 9.78. The van der Waals surface area contributed by atoms with Crippen molar-refractivity contribution in [3.63, 3.8) is 0 Å². The molecular formula is C34H39F3O3.